The highest BCUT2D eigenvalue weighted by Gasteiger charge is 2.18. The van der Waals surface area contributed by atoms with E-state index < -0.39 is 11.9 Å². The number of aryl methyl sites for hydroxylation is 1. The molecule has 0 atom stereocenters. The topological polar surface area (TPSA) is 92.4 Å². The molecular weight excluding hydrogens is 316 g/mol. The fraction of sp³-hybridized carbons (Fsp3) is 0.0833. The second-order valence-electron chi connectivity index (χ2n) is 3.74. The minimum absolute atomic E-state index is 0.0112. The van der Waals surface area contributed by atoms with Crippen LogP contribution in [0.5, 0.6) is 0 Å². The second kappa shape index (κ2) is 5.23. The highest BCUT2D eigenvalue weighted by molar-refractivity contribution is 9.10. The Kier molecular flexibility index (Phi) is 3.66. The molecule has 0 bridgehead atoms. The van der Waals surface area contributed by atoms with Gasteiger partial charge in [0.15, 0.2) is 5.69 Å². The van der Waals surface area contributed by atoms with E-state index in [1.165, 1.54) is 12.1 Å². The molecular formula is C12H9BrN2O4. The minimum atomic E-state index is -1.13. The van der Waals surface area contributed by atoms with E-state index in [9.17, 15) is 9.59 Å². The molecule has 2 aromatic rings. The third kappa shape index (κ3) is 2.82. The number of halogens is 1. The summed E-state index contributed by atoms with van der Waals surface area (Å²) in [7, 11) is 0. The Balaban J connectivity index is 2.33. The van der Waals surface area contributed by atoms with E-state index in [-0.39, 0.29) is 16.9 Å². The number of nitrogens with one attached hydrogen (secondary N) is 1. The molecule has 1 amide bonds. The van der Waals surface area contributed by atoms with Crippen LogP contribution in [0.1, 0.15) is 26.6 Å². The molecule has 6 nitrogen and oxygen atoms in total. The van der Waals surface area contributed by atoms with Gasteiger partial charge in [-0.15, -0.1) is 0 Å². The average Bonchev–Trinajstić information content (AvgIpc) is 2.78. The smallest absolute Gasteiger partial charge is 0.337 e. The van der Waals surface area contributed by atoms with E-state index >= 15 is 0 Å². The van der Waals surface area contributed by atoms with Crippen LogP contribution in [0.2, 0.25) is 0 Å². The van der Waals surface area contributed by atoms with Crippen molar-refractivity contribution in [3.05, 3.63) is 45.8 Å². The number of hydrogen-bond acceptors (Lipinski definition) is 4. The van der Waals surface area contributed by atoms with Crippen LogP contribution in [0.25, 0.3) is 0 Å². The monoisotopic (exact) mass is 324 g/mol. The number of anilines is 1. The summed E-state index contributed by atoms with van der Waals surface area (Å²) in [6.07, 6.45) is 0. The lowest BCUT2D eigenvalue weighted by Gasteiger charge is -2.09. The van der Waals surface area contributed by atoms with Gasteiger partial charge in [-0.25, -0.2) is 4.79 Å². The number of hydrogen-bond donors (Lipinski definition) is 2. The number of amides is 1. The molecule has 0 saturated carbocycles. The Hall–Kier alpha value is -2.15. The quantitative estimate of drug-likeness (QED) is 0.905. The molecule has 7 heteroatoms. The number of rotatable bonds is 3. The van der Waals surface area contributed by atoms with E-state index in [1.54, 1.807) is 19.1 Å². The molecule has 1 aromatic carbocycles. The van der Waals surface area contributed by atoms with Gasteiger partial charge in [0.2, 0.25) is 0 Å². The Morgan fingerprint density at radius 1 is 1.42 bits per heavy atom. The number of carboxylic acids is 1. The van der Waals surface area contributed by atoms with Gasteiger partial charge in [-0.05, 0) is 35.0 Å². The normalized spacial score (nSPS) is 10.2. The molecule has 1 heterocycles. The lowest BCUT2D eigenvalue weighted by atomic mass is 10.1. The van der Waals surface area contributed by atoms with Crippen LogP contribution in [-0.4, -0.2) is 22.1 Å². The van der Waals surface area contributed by atoms with E-state index in [4.69, 9.17) is 9.63 Å². The van der Waals surface area contributed by atoms with Gasteiger partial charge in [0.25, 0.3) is 5.91 Å². The first-order chi connectivity index (χ1) is 8.99. The number of carboxylic acid groups (broad SMARTS) is 1. The molecule has 0 radical (unpaired) electrons. The van der Waals surface area contributed by atoms with Gasteiger partial charge < -0.3 is 14.9 Å². The first-order valence-electron chi connectivity index (χ1n) is 5.25. The summed E-state index contributed by atoms with van der Waals surface area (Å²) < 4.78 is 5.27. The van der Waals surface area contributed by atoms with Crippen LogP contribution in [-0.2, 0) is 0 Å². The summed E-state index contributed by atoms with van der Waals surface area (Å²) in [5.74, 6) is -1.17. The van der Waals surface area contributed by atoms with Gasteiger partial charge in [-0.3, -0.25) is 4.79 Å². The maximum Gasteiger partial charge on any atom is 0.337 e. The van der Waals surface area contributed by atoms with Gasteiger partial charge in [0.05, 0.1) is 11.3 Å². The van der Waals surface area contributed by atoms with Crippen molar-refractivity contribution >= 4 is 33.5 Å². The standard InChI is InChI=1S/C12H9BrN2O4/c1-6-5-9(15-19-6)11(16)14-10-7(12(17)18)3-2-4-8(10)13/h2-5H,1H3,(H,14,16)(H,17,18). The van der Waals surface area contributed by atoms with Crippen molar-refractivity contribution in [2.24, 2.45) is 0 Å². The molecule has 0 fully saturated rings. The third-order valence-electron chi connectivity index (χ3n) is 2.34. The van der Waals surface area contributed by atoms with E-state index in [0.29, 0.717) is 10.2 Å². The first kappa shape index (κ1) is 13.3. The zero-order valence-electron chi connectivity index (χ0n) is 9.81. The molecule has 0 saturated heterocycles. The fourth-order valence-electron chi connectivity index (χ4n) is 1.48. The van der Waals surface area contributed by atoms with Crippen LogP contribution in [0, 0.1) is 6.92 Å². The van der Waals surface area contributed by atoms with Gasteiger partial charge in [0, 0.05) is 10.5 Å². The molecule has 0 aliphatic rings. The number of para-hydroxylation sites is 1. The van der Waals surface area contributed by atoms with Gasteiger partial charge in [0.1, 0.15) is 5.76 Å². The van der Waals surface area contributed by atoms with E-state index in [1.807, 2.05) is 0 Å². The Labute approximate surface area is 116 Å². The van der Waals surface area contributed by atoms with Crippen LogP contribution in [0.3, 0.4) is 0 Å². The van der Waals surface area contributed by atoms with Gasteiger partial charge >= 0.3 is 5.97 Å². The third-order valence-corrected chi connectivity index (χ3v) is 3.00. The van der Waals surface area contributed by atoms with Crippen molar-refractivity contribution in [2.45, 2.75) is 6.92 Å². The number of carbonyl (C=O) groups is 2. The molecule has 98 valence electrons. The molecule has 0 spiro atoms. The van der Waals surface area contributed by atoms with Crippen molar-refractivity contribution in [3.63, 3.8) is 0 Å². The minimum Gasteiger partial charge on any atom is -0.478 e. The van der Waals surface area contributed by atoms with Crippen molar-refractivity contribution < 1.29 is 19.2 Å². The molecule has 1 aromatic heterocycles. The highest BCUT2D eigenvalue weighted by Crippen LogP contribution is 2.27. The van der Waals surface area contributed by atoms with Crippen LogP contribution in [0.15, 0.2) is 33.3 Å². The molecule has 19 heavy (non-hydrogen) atoms. The van der Waals surface area contributed by atoms with Crippen molar-refractivity contribution in [2.75, 3.05) is 5.32 Å². The number of aromatic carboxylic acids is 1. The largest absolute Gasteiger partial charge is 0.478 e. The second-order valence-corrected chi connectivity index (χ2v) is 4.60. The SMILES string of the molecule is Cc1cc(C(=O)Nc2c(Br)cccc2C(=O)O)no1. The molecule has 0 aliphatic carbocycles. The van der Waals surface area contributed by atoms with Crippen LogP contribution < -0.4 is 5.32 Å². The molecule has 2 rings (SSSR count). The summed E-state index contributed by atoms with van der Waals surface area (Å²) in [6, 6.07) is 6.07. The summed E-state index contributed by atoms with van der Waals surface area (Å²) in [6.45, 7) is 1.66. The molecule has 2 N–H and O–H groups in total. The summed E-state index contributed by atoms with van der Waals surface area (Å²) >= 11 is 3.20. The van der Waals surface area contributed by atoms with Gasteiger partial charge in [-0.2, -0.15) is 0 Å². The Bertz CT molecular complexity index is 651. The zero-order chi connectivity index (χ0) is 14.0. The highest BCUT2D eigenvalue weighted by atomic mass is 79.9. The Morgan fingerprint density at radius 3 is 2.74 bits per heavy atom. The molecule has 0 aliphatic heterocycles. The van der Waals surface area contributed by atoms with E-state index in [2.05, 4.69) is 26.4 Å². The Morgan fingerprint density at radius 2 is 2.16 bits per heavy atom. The maximum atomic E-state index is 11.9. The van der Waals surface area contributed by atoms with Crippen molar-refractivity contribution in [1.82, 2.24) is 5.16 Å². The number of benzene rings is 1. The fourth-order valence-corrected chi connectivity index (χ4v) is 1.95. The average molecular weight is 325 g/mol. The lowest BCUT2D eigenvalue weighted by Crippen LogP contribution is -2.15. The number of nitrogens with zero attached hydrogens (tertiary/aromatic N) is 1. The number of aromatic nitrogens is 1. The summed E-state index contributed by atoms with van der Waals surface area (Å²) in [4.78, 5) is 23.0. The molecule has 0 unspecified atom stereocenters. The van der Waals surface area contributed by atoms with Crippen molar-refractivity contribution in [1.29, 1.82) is 0 Å². The summed E-state index contributed by atoms with van der Waals surface area (Å²) in [5, 5.41) is 15.1. The maximum absolute atomic E-state index is 11.9. The van der Waals surface area contributed by atoms with E-state index in [0.717, 1.165) is 0 Å². The predicted molar refractivity (Wildman–Crippen MR) is 70.3 cm³/mol. The van der Waals surface area contributed by atoms with Crippen molar-refractivity contribution in [3.8, 4) is 0 Å². The zero-order valence-corrected chi connectivity index (χ0v) is 11.4. The lowest BCUT2D eigenvalue weighted by molar-refractivity contribution is 0.0698. The van der Waals surface area contributed by atoms with Crippen LogP contribution >= 0.6 is 15.9 Å². The number of carbonyl (C=O) groups excluding carboxylic acids is 1. The van der Waals surface area contributed by atoms with Crippen LogP contribution in [0.4, 0.5) is 5.69 Å². The predicted octanol–water partition coefficient (Wildman–Crippen LogP) is 2.70. The summed E-state index contributed by atoms with van der Waals surface area (Å²) in [5.41, 5.74) is 0.258. The van der Waals surface area contributed by atoms with Gasteiger partial charge in [-0.1, -0.05) is 11.2 Å². The first-order valence-corrected chi connectivity index (χ1v) is 6.05.